The lowest BCUT2D eigenvalue weighted by Gasteiger charge is -2.37. The third-order valence-electron chi connectivity index (χ3n) is 5.28. The number of likely N-dealkylation sites (tertiary alicyclic amines) is 1. The Kier molecular flexibility index (Phi) is 5.58. The number of halogens is 2. The predicted octanol–water partition coefficient (Wildman–Crippen LogP) is 2.91. The van der Waals surface area contributed by atoms with E-state index in [0.29, 0.717) is 25.9 Å². The van der Waals surface area contributed by atoms with Gasteiger partial charge >= 0.3 is 5.92 Å². The Hall–Kier alpha value is -0.710. The van der Waals surface area contributed by atoms with Gasteiger partial charge in [-0.25, -0.2) is 0 Å². The van der Waals surface area contributed by atoms with Gasteiger partial charge in [0.15, 0.2) is 0 Å². The zero-order valence-corrected chi connectivity index (χ0v) is 13.2. The van der Waals surface area contributed by atoms with Crippen LogP contribution in [-0.4, -0.2) is 43.4 Å². The molecular weight excluding hydrogens is 274 g/mol. The number of carbonyl (C=O) groups excluding carboxylic acids is 1. The van der Waals surface area contributed by atoms with Crippen LogP contribution in [0.2, 0.25) is 0 Å². The van der Waals surface area contributed by atoms with Crippen LogP contribution in [0.4, 0.5) is 8.78 Å². The molecule has 122 valence electrons. The highest BCUT2D eigenvalue weighted by molar-refractivity contribution is 5.83. The summed E-state index contributed by atoms with van der Waals surface area (Å²) < 4.78 is 27.8. The molecule has 1 N–H and O–H groups in total. The molecule has 21 heavy (non-hydrogen) atoms. The molecule has 0 atom stereocenters. The van der Waals surface area contributed by atoms with Crippen molar-refractivity contribution in [3.8, 4) is 0 Å². The second-order valence-electron chi connectivity index (χ2n) is 6.90. The molecule has 2 fully saturated rings. The Bertz CT molecular complexity index is 346. The summed E-state index contributed by atoms with van der Waals surface area (Å²) in [4.78, 5) is 13.6. The van der Waals surface area contributed by atoms with E-state index >= 15 is 0 Å². The van der Waals surface area contributed by atoms with Crippen LogP contribution in [0.25, 0.3) is 0 Å². The molecule has 0 aromatic rings. The molecule has 3 nitrogen and oxygen atoms in total. The highest BCUT2D eigenvalue weighted by Crippen LogP contribution is 2.35. The third kappa shape index (κ3) is 4.15. The normalized spacial score (nSPS) is 29.3. The van der Waals surface area contributed by atoms with Crippen LogP contribution in [0, 0.1) is 17.8 Å². The maximum absolute atomic E-state index is 13.9. The number of nitrogens with one attached hydrogen (secondary N) is 1. The Morgan fingerprint density at radius 3 is 2.24 bits per heavy atom. The van der Waals surface area contributed by atoms with E-state index in [-0.39, 0.29) is 0 Å². The first kappa shape index (κ1) is 16.7. The molecule has 0 bridgehead atoms. The lowest BCUT2D eigenvalue weighted by atomic mass is 9.82. The summed E-state index contributed by atoms with van der Waals surface area (Å²) in [6.45, 7) is 4.75. The van der Waals surface area contributed by atoms with Crippen LogP contribution in [0.1, 0.15) is 45.4 Å². The fraction of sp³-hybridized carbons (Fsp3) is 0.938. The SMILES string of the molecule is CNC(=O)C(F)(F)C1CCN(CC2CCC(C)CC2)CC1. The predicted molar refractivity (Wildman–Crippen MR) is 79.3 cm³/mol. The number of nitrogens with zero attached hydrogens (tertiary/aromatic N) is 1. The van der Waals surface area contributed by atoms with Crippen molar-refractivity contribution in [3.63, 3.8) is 0 Å². The quantitative estimate of drug-likeness (QED) is 0.866. The van der Waals surface area contributed by atoms with Crippen molar-refractivity contribution >= 4 is 5.91 Å². The molecule has 1 saturated heterocycles. The Balaban J connectivity index is 1.77. The van der Waals surface area contributed by atoms with Gasteiger partial charge in [0, 0.05) is 19.5 Å². The zero-order chi connectivity index (χ0) is 15.5. The van der Waals surface area contributed by atoms with Crippen LogP contribution in [0.15, 0.2) is 0 Å². The molecular formula is C16H28F2N2O. The van der Waals surface area contributed by atoms with Crippen LogP contribution >= 0.6 is 0 Å². The minimum absolute atomic E-state index is 0.420. The van der Waals surface area contributed by atoms with E-state index in [9.17, 15) is 13.6 Å². The summed E-state index contributed by atoms with van der Waals surface area (Å²) in [5.41, 5.74) is 0. The molecule has 1 heterocycles. The van der Waals surface area contributed by atoms with Crippen molar-refractivity contribution in [2.45, 2.75) is 51.4 Å². The maximum Gasteiger partial charge on any atom is 0.327 e. The van der Waals surface area contributed by atoms with Crippen LogP contribution in [0.3, 0.4) is 0 Å². The number of rotatable bonds is 4. The molecule has 2 aliphatic rings. The minimum atomic E-state index is -3.22. The van der Waals surface area contributed by atoms with E-state index in [0.717, 1.165) is 18.4 Å². The first-order valence-corrected chi connectivity index (χ1v) is 8.25. The number of hydrogen-bond donors (Lipinski definition) is 1. The molecule has 0 unspecified atom stereocenters. The van der Waals surface area contributed by atoms with Gasteiger partial charge in [-0.1, -0.05) is 19.8 Å². The molecule has 1 aliphatic heterocycles. The molecule has 0 radical (unpaired) electrons. The van der Waals surface area contributed by atoms with Gasteiger partial charge in [0.25, 0.3) is 5.91 Å². The van der Waals surface area contributed by atoms with Gasteiger partial charge in [0.05, 0.1) is 0 Å². The van der Waals surface area contributed by atoms with Crippen LogP contribution in [0.5, 0.6) is 0 Å². The van der Waals surface area contributed by atoms with E-state index in [1.54, 1.807) is 0 Å². The summed E-state index contributed by atoms with van der Waals surface area (Å²) in [6, 6.07) is 0. The summed E-state index contributed by atoms with van der Waals surface area (Å²) in [6.07, 6.45) is 5.99. The molecule has 1 aliphatic carbocycles. The van der Waals surface area contributed by atoms with Crippen molar-refractivity contribution in [2.24, 2.45) is 17.8 Å². The average Bonchev–Trinajstić information content (AvgIpc) is 2.49. The van der Waals surface area contributed by atoms with Crippen molar-refractivity contribution < 1.29 is 13.6 Å². The number of alkyl halides is 2. The first-order chi connectivity index (χ1) is 9.93. The highest BCUT2D eigenvalue weighted by atomic mass is 19.3. The highest BCUT2D eigenvalue weighted by Gasteiger charge is 2.47. The van der Waals surface area contributed by atoms with Crippen LogP contribution in [-0.2, 0) is 4.79 Å². The molecule has 1 amide bonds. The number of amides is 1. The Morgan fingerprint density at radius 1 is 1.14 bits per heavy atom. The third-order valence-corrected chi connectivity index (χ3v) is 5.28. The summed E-state index contributed by atoms with van der Waals surface area (Å²) in [5.74, 6) is -3.58. The largest absolute Gasteiger partial charge is 0.354 e. The average molecular weight is 302 g/mol. The van der Waals surface area contributed by atoms with E-state index < -0.39 is 17.7 Å². The van der Waals surface area contributed by atoms with Crippen molar-refractivity contribution in [2.75, 3.05) is 26.7 Å². The number of hydrogen-bond acceptors (Lipinski definition) is 2. The van der Waals surface area contributed by atoms with Gasteiger partial charge < -0.3 is 10.2 Å². The number of piperidine rings is 1. The number of carbonyl (C=O) groups is 1. The summed E-state index contributed by atoms with van der Waals surface area (Å²) in [7, 11) is 1.27. The van der Waals surface area contributed by atoms with Gasteiger partial charge in [-0.2, -0.15) is 8.78 Å². The van der Waals surface area contributed by atoms with Gasteiger partial charge in [-0.15, -0.1) is 0 Å². The van der Waals surface area contributed by atoms with Gasteiger partial charge in [-0.3, -0.25) is 4.79 Å². The molecule has 0 aromatic carbocycles. The lowest BCUT2D eigenvalue weighted by molar-refractivity contribution is -0.156. The maximum atomic E-state index is 13.9. The summed E-state index contributed by atoms with van der Waals surface area (Å²) >= 11 is 0. The van der Waals surface area contributed by atoms with E-state index in [1.165, 1.54) is 32.7 Å². The van der Waals surface area contributed by atoms with E-state index in [2.05, 4.69) is 17.1 Å². The second-order valence-corrected chi connectivity index (χ2v) is 6.90. The van der Waals surface area contributed by atoms with Gasteiger partial charge in [0.2, 0.25) is 0 Å². The minimum Gasteiger partial charge on any atom is -0.354 e. The summed E-state index contributed by atoms with van der Waals surface area (Å²) in [5, 5.41) is 2.08. The van der Waals surface area contributed by atoms with Crippen LogP contribution < -0.4 is 5.32 Å². The Morgan fingerprint density at radius 2 is 1.71 bits per heavy atom. The second kappa shape index (κ2) is 7.03. The Labute approximate surface area is 126 Å². The molecule has 1 saturated carbocycles. The zero-order valence-electron chi connectivity index (χ0n) is 13.2. The first-order valence-electron chi connectivity index (χ1n) is 8.25. The van der Waals surface area contributed by atoms with Gasteiger partial charge in [-0.05, 0) is 50.6 Å². The van der Waals surface area contributed by atoms with E-state index in [4.69, 9.17) is 0 Å². The molecule has 0 spiro atoms. The van der Waals surface area contributed by atoms with Gasteiger partial charge in [0.1, 0.15) is 0 Å². The topological polar surface area (TPSA) is 32.3 Å². The van der Waals surface area contributed by atoms with E-state index in [1.807, 2.05) is 0 Å². The lowest BCUT2D eigenvalue weighted by Crippen LogP contribution is -2.49. The van der Waals surface area contributed by atoms with Crippen molar-refractivity contribution in [1.82, 2.24) is 10.2 Å². The molecule has 2 rings (SSSR count). The fourth-order valence-electron chi connectivity index (χ4n) is 3.71. The van der Waals surface area contributed by atoms with Crippen molar-refractivity contribution in [1.29, 1.82) is 0 Å². The smallest absolute Gasteiger partial charge is 0.327 e. The molecule has 0 aromatic heterocycles. The van der Waals surface area contributed by atoms with Crippen molar-refractivity contribution in [3.05, 3.63) is 0 Å². The standard InChI is InChI=1S/C16H28F2N2O/c1-12-3-5-13(6-4-12)11-20-9-7-14(8-10-20)16(17,18)15(21)19-2/h12-14H,3-11H2,1-2H3,(H,19,21). The fourth-order valence-corrected chi connectivity index (χ4v) is 3.71. The monoisotopic (exact) mass is 302 g/mol. The molecule has 5 heteroatoms.